The fourth-order valence-corrected chi connectivity index (χ4v) is 3.23. The van der Waals surface area contributed by atoms with Crippen LogP contribution in [0, 0.1) is 0 Å². The van der Waals surface area contributed by atoms with Gasteiger partial charge in [-0.3, -0.25) is 4.21 Å². The molecule has 0 aliphatic carbocycles. The minimum absolute atomic E-state index is 0.384. The predicted octanol–water partition coefficient (Wildman–Crippen LogP) is 2.62. The number of ether oxygens (including phenoxy) is 1. The molecule has 0 aromatic rings. The maximum atomic E-state index is 11.6. The minimum atomic E-state index is -0.593. The summed E-state index contributed by atoms with van der Waals surface area (Å²) in [5, 5.41) is 0.384. The largest absolute Gasteiger partial charge is 0.501 e. The molecule has 1 aliphatic heterocycles. The van der Waals surface area contributed by atoms with Gasteiger partial charge in [-0.1, -0.05) is 6.42 Å². The molecule has 0 amide bonds. The van der Waals surface area contributed by atoms with Gasteiger partial charge in [0, 0.05) is 21.8 Å². The van der Waals surface area contributed by atoms with Gasteiger partial charge in [0.25, 0.3) is 0 Å². The first kappa shape index (κ1) is 11.8. The molecule has 2 nitrogen and oxygen atoms in total. The van der Waals surface area contributed by atoms with Crippen LogP contribution >= 0.6 is 0 Å². The Bertz CT molecular complexity index is 219. The first-order valence-electron chi connectivity index (χ1n) is 5.32. The molecule has 1 rings (SSSR count). The van der Waals surface area contributed by atoms with Crippen LogP contribution in [0.3, 0.4) is 0 Å². The molecule has 1 heterocycles. The second-order valence-electron chi connectivity index (χ2n) is 4.06. The lowest BCUT2D eigenvalue weighted by molar-refractivity contribution is 0.238. The van der Waals surface area contributed by atoms with E-state index < -0.39 is 10.8 Å². The zero-order valence-corrected chi connectivity index (χ0v) is 9.94. The number of hydrogen-bond donors (Lipinski definition) is 0. The van der Waals surface area contributed by atoms with E-state index in [1.54, 1.807) is 6.26 Å². The molecule has 0 bridgehead atoms. The Hall–Kier alpha value is -0.310. The number of allylic oxidation sites excluding steroid dienone is 1. The average Bonchev–Trinajstić information content (AvgIpc) is 2.15. The third-order valence-electron chi connectivity index (χ3n) is 2.37. The Morgan fingerprint density at radius 1 is 1.50 bits per heavy atom. The van der Waals surface area contributed by atoms with Crippen molar-refractivity contribution in [3.8, 4) is 0 Å². The Balaban J connectivity index is 2.17. The van der Waals surface area contributed by atoms with E-state index in [9.17, 15) is 4.21 Å². The Morgan fingerprint density at radius 3 is 2.93 bits per heavy atom. The van der Waals surface area contributed by atoms with Crippen LogP contribution in [0.1, 0.15) is 39.5 Å². The van der Waals surface area contributed by atoms with Crippen molar-refractivity contribution < 1.29 is 8.95 Å². The van der Waals surface area contributed by atoms with E-state index in [4.69, 9.17) is 4.74 Å². The molecule has 0 saturated carbocycles. The molecule has 0 aromatic carbocycles. The molecule has 2 unspecified atom stereocenters. The van der Waals surface area contributed by atoms with Crippen LogP contribution in [-0.2, 0) is 15.5 Å². The van der Waals surface area contributed by atoms with Crippen LogP contribution in [0.2, 0.25) is 0 Å². The van der Waals surface area contributed by atoms with E-state index in [-0.39, 0.29) is 0 Å². The number of rotatable bonds is 4. The Kier molecular flexibility index (Phi) is 5.23. The lowest BCUT2D eigenvalue weighted by Gasteiger charge is -2.20. The first-order valence-corrected chi connectivity index (χ1v) is 6.70. The van der Waals surface area contributed by atoms with Crippen molar-refractivity contribution in [3.63, 3.8) is 0 Å². The molecule has 0 spiro atoms. The van der Waals surface area contributed by atoms with E-state index in [0.717, 1.165) is 25.0 Å². The maximum Gasteiger partial charge on any atom is 0.0884 e. The maximum absolute atomic E-state index is 11.6. The van der Waals surface area contributed by atoms with Gasteiger partial charge in [-0.15, -0.1) is 0 Å². The van der Waals surface area contributed by atoms with E-state index in [2.05, 4.69) is 0 Å². The second-order valence-corrected chi connectivity index (χ2v) is 5.89. The molecule has 1 saturated heterocycles. The van der Waals surface area contributed by atoms with Crippen LogP contribution in [0.25, 0.3) is 0 Å². The summed E-state index contributed by atoms with van der Waals surface area (Å²) >= 11 is 0. The van der Waals surface area contributed by atoms with Crippen molar-refractivity contribution in [3.05, 3.63) is 11.8 Å². The summed E-state index contributed by atoms with van der Waals surface area (Å²) in [6.07, 6.45) is 6.21. The van der Waals surface area contributed by atoms with Gasteiger partial charge in [0.15, 0.2) is 0 Å². The smallest absolute Gasteiger partial charge is 0.0884 e. The van der Waals surface area contributed by atoms with E-state index >= 15 is 0 Å². The highest BCUT2D eigenvalue weighted by Gasteiger charge is 2.20. The monoisotopic (exact) mass is 216 g/mol. The SMILES string of the molecule is CC(C)=COCCC1CCCCS1=O. The molecule has 82 valence electrons. The molecule has 14 heavy (non-hydrogen) atoms. The van der Waals surface area contributed by atoms with Crippen molar-refractivity contribution in [1.29, 1.82) is 0 Å². The normalized spacial score (nSPS) is 27.0. The molecule has 2 atom stereocenters. The molecule has 0 N–H and O–H groups in total. The fourth-order valence-electron chi connectivity index (χ4n) is 1.62. The molecule has 0 radical (unpaired) electrons. The first-order chi connectivity index (χ1) is 6.70. The quantitative estimate of drug-likeness (QED) is 0.533. The summed E-state index contributed by atoms with van der Waals surface area (Å²) in [5.41, 5.74) is 1.18. The summed E-state index contributed by atoms with van der Waals surface area (Å²) in [4.78, 5) is 0. The molecule has 1 fully saturated rings. The Labute approximate surface area is 89.2 Å². The lowest BCUT2D eigenvalue weighted by atomic mass is 10.1. The van der Waals surface area contributed by atoms with Gasteiger partial charge in [-0.2, -0.15) is 0 Å². The van der Waals surface area contributed by atoms with Gasteiger partial charge in [-0.25, -0.2) is 0 Å². The van der Waals surface area contributed by atoms with Crippen LogP contribution in [0.4, 0.5) is 0 Å². The third-order valence-corrected chi connectivity index (χ3v) is 4.28. The fraction of sp³-hybridized carbons (Fsp3) is 0.818. The van der Waals surface area contributed by atoms with Gasteiger partial charge in [0.05, 0.1) is 12.9 Å². The van der Waals surface area contributed by atoms with Crippen LogP contribution in [0.15, 0.2) is 11.8 Å². The molecule has 1 aliphatic rings. The third kappa shape index (κ3) is 4.27. The topological polar surface area (TPSA) is 26.3 Å². The second kappa shape index (κ2) is 6.23. The van der Waals surface area contributed by atoms with Crippen molar-refractivity contribution in [1.82, 2.24) is 0 Å². The van der Waals surface area contributed by atoms with E-state index in [1.165, 1.54) is 12.0 Å². The van der Waals surface area contributed by atoms with Crippen LogP contribution in [0.5, 0.6) is 0 Å². The van der Waals surface area contributed by atoms with Crippen molar-refractivity contribution in [2.45, 2.75) is 44.8 Å². The molecular formula is C11H20O2S. The van der Waals surface area contributed by atoms with E-state index in [1.807, 2.05) is 13.8 Å². The zero-order chi connectivity index (χ0) is 10.4. The van der Waals surface area contributed by atoms with Crippen molar-refractivity contribution in [2.75, 3.05) is 12.4 Å². The van der Waals surface area contributed by atoms with Crippen LogP contribution in [-0.4, -0.2) is 21.8 Å². The summed E-state index contributed by atoms with van der Waals surface area (Å²) < 4.78 is 16.9. The minimum Gasteiger partial charge on any atom is -0.501 e. The lowest BCUT2D eigenvalue weighted by Crippen LogP contribution is -2.23. The van der Waals surface area contributed by atoms with Gasteiger partial charge in [0.2, 0.25) is 0 Å². The average molecular weight is 216 g/mol. The van der Waals surface area contributed by atoms with Gasteiger partial charge in [0.1, 0.15) is 0 Å². The van der Waals surface area contributed by atoms with Crippen molar-refractivity contribution in [2.24, 2.45) is 0 Å². The summed E-state index contributed by atoms with van der Waals surface area (Å²) in [7, 11) is -0.593. The summed E-state index contributed by atoms with van der Waals surface area (Å²) in [6, 6.07) is 0. The van der Waals surface area contributed by atoms with Gasteiger partial charge < -0.3 is 4.74 Å². The highest BCUT2D eigenvalue weighted by atomic mass is 32.2. The zero-order valence-electron chi connectivity index (χ0n) is 9.12. The van der Waals surface area contributed by atoms with Crippen molar-refractivity contribution >= 4 is 10.8 Å². The van der Waals surface area contributed by atoms with Crippen LogP contribution < -0.4 is 0 Å². The van der Waals surface area contributed by atoms with Gasteiger partial charge in [-0.05, 0) is 38.7 Å². The summed E-state index contributed by atoms with van der Waals surface area (Å²) in [6.45, 7) is 4.74. The number of hydrogen-bond acceptors (Lipinski definition) is 2. The molecule has 0 aromatic heterocycles. The Morgan fingerprint density at radius 2 is 2.29 bits per heavy atom. The molecule has 3 heteroatoms. The highest BCUT2D eigenvalue weighted by molar-refractivity contribution is 7.85. The predicted molar refractivity (Wildman–Crippen MR) is 60.6 cm³/mol. The van der Waals surface area contributed by atoms with E-state index in [0.29, 0.717) is 11.9 Å². The highest BCUT2D eigenvalue weighted by Crippen LogP contribution is 2.18. The van der Waals surface area contributed by atoms with Gasteiger partial charge >= 0.3 is 0 Å². The molecular weight excluding hydrogens is 196 g/mol. The summed E-state index contributed by atoms with van der Waals surface area (Å²) in [5.74, 6) is 0.896. The standard InChI is InChI=1S/C11H20O2S/c1-10(2)9-13-7-6-11-5-3-4-8-14(11)12/h9,11H,3-8H2,1-2H3.